The van der Waals surface area contributed by atoms with Crippen molar-refractivity contribution in [3.8, 4) is 5.75 Å². The van der Waals surface area contributed by atoms with Crippen molar-refractivity contribution in [1.82, 2.24) is 25.3 Å². The maximum atomic E-state index is 10.4. The summed E-state index contributed by atoms with van der Waals surface area (Å²) in [5.41, 5.74) is 4.70. The molecular weight excluding hydrogens is 378 g/mol. The number of ether oxygens (including phenoxy) is 1. The van der Waals surface area contributed by atoms with Crippen LogP contribution >= 0.6 is 0 Å². The normalized spacial score (nSPS) is 16.7. The number of aryl methyl sites for hydroxylation is 2. The van der Waals surface area contributed by atoms with Gasteiger partial charge in [0.25, 0.3) is 0 Å². The Hall–Kier alpha value is -1.93. The van der Waals surface area contributed by atoms with Gasteiger partial charge in [0, 0.05) is 45.0 Å². The average molecular weight is 416 g/mol. The van der Waals surface area contributed by atoms with Crippen molar-refractivity contribution >= 4 is 0 Å². The third kappa shape index (κ3) is 6.80. The molecule has 1 unspecified atom stereocenters. The predicted molar refractivity (Wildman–Crippen MR) is 120 cm³/mol. The molecule has 7 heteroatoms. The van der Waals surface area contributed by atoms with Gasteiger partial charge in [-0.2, -0.15) is 5.10 Å². The second-order valence-electron chi connectivity index (χ2n) is 8.19. The molecule has 1 atom stereocenters. The lowest BCUT2D eigenvalue weighted by Gasteiger charge is -2.34. The minimum atomic E-state index is -0.471. The van der Waals surface area contributed by atoms with E-state index in [2.05, 4.69) is 45.2 Å². The summed E-state index contributed by atoms with van der Waals surface area (Å²) in [6, 6.07) is 8.10. The van der Waals surface area contributed by atoms with Gasteiger partial charge < -0.3 is 20.1 Å². The van der Waals surface area contributed by atoms with E-state index in [0.717, 1.165) is 69.4 Å². The fraction of sp³-hybridized carbons (Fsp3) is 0.609. The van der Waals surface area contributed by atoms with E-state index in [4.69, 9.17) is 4.74 Å². The fourth-order valence-electron chi connectivity index (χ4n) is 3.97. The first-order chi connectivity index (χ1) is 14.5. The highest BCUT2D eigenvalue weighted by molar-refractivity contribution is 5.28. The van der Waals surface area contributed by atoms with Gasteiger partial charge in [-0.1, -0.05) is 19.1 Å². The highest BCUT2D eigenvalue weighted by atomic mass is 16.5. The predicted octanol–water partition coefficient (Wildman–Crippen LogP) is 1.74. The molecule has 0 saturated carbocycles. The summed E-state index contributed by atoms with van der Waals surface area (Å²) in [5.74, 6) is 0.811. The molecular formula is C23H37N5O2. The van der Waals surface area contributed by atoms with Crippen LogP contribution in [0.5, 0.6) is 5.75 Å². The summed E-state index contributed by atoms with van der Waals surface area (Å²) >= 11 is 0. The Labute approximate surface area is 180 Å². The first-order valence-corrected chi connectivity index (χ1v) is 11.1. The van der Waals surface area contributed by atoms with Crippen molar-refractivity contribution in [2.45, 2.75) is 39.8 Å². The van der Waals surface area contributed by atoms with Gasteiger partial charge in [-0.15, -0.1) is 0 Å². The highest BCUT2D eigenvalue weighted by Gasteiger charge is 2.18. The summed E-state index contributed by atoms with van der Waals surface area (Å²) < 4.78 is 5.86. The molecule has 0 radical (unpaired) electrons. The molecule has 3 rings (SSSR count). The molecule has 2 aromatic rings. The summed E-state index contributed by atoms with van der Waals surface area (Å²) in [6.07, 6.45) is 0.490. The van der Waals surface area contributed by atoms with Crippen molar-refractivity contribution in [3.05, 3.63) is 46.8 Å². The Morgan fingerprint density at radius 1 is 1.20 bits per heavy atom. The van der Waals surface area contributed by atoms with E-state index in [1.165, 1.54) is 11.1 Å². The number of benzene rings is 1. The Balaban J connectivity index is 1.36. The van der Waals surface area contributed by atoms with E-state index >= 15 is 0 Å². The van der Waals surface area contributed by atoms with Crippen LogP contribution in [0.3, 0.4) is 0 Å². The largest absolute Gasteiger partial charge is 0.491 e. The van der Waals surface area contributed by atoms with Crippen LogP contribution in [0.2, 0.25) is 0 Å². The number of aliphatic hydroxyl groups is 1. The lowest BCUT2D eigenvalue weighted by molar-refractivity contribution is 0.0471. The zero-order valence-corrected chi connectivity index (χ0v) is 18.7. The zero-order chi connectivity index (χ0) is 21.3. The van der Waals surface area contributed by atoms with Gasteiger partial charge in [0.2, 0.25) is 0 Å². The quantitative estimate of drug-likeness (QED) is 0.486. The van der Waals surface area contributed by atoms with Crippen LogP contribution < -0.4 is 10.1 Å². The number of hydrogen-bond acceptors (Lipinski definition) is 6. The van der Waals surface area contributed by atoms with Crippen LogP contribution in [0.1, 0.15) is 29.4 Å². The van der Waals surface area contributed by atoms with Crippen LogP contribution in [0, 0.1) is 13.8 Å². The van der Waals surface area contributed by atoms with Crippen LogP contribution in [0.15, 0.2) is 24.3 Å². The maximum Gasteiger partial charge on any atom is 0.119 e. The number of aliphatic hydroxyl groups excluding tert-OH is 1. The third-order valence-corrected chi connectivity index (χ3v) is 5.88. The molecule has 30 heavy (non-hydrogen) atoms. The lowest BCUT2D eigenvalue weighted by atomic mass is 10.1. The van der Waals surface area contributed by atoms with Crippen molar-refractivity contribution in [1.29, 1.82) is 0 Å². The Morgan fingerprint density at radius 3 is 2.67 bits per heavy atom. The number of H-pyrrole nitrogens is 1. The van der Waals surface area contributed by atoms with Crippen molar-refractivity contribution in [2.24, 2.45) is 0 Å². The molecule has 1 fully saturated rings. The van der Waals surface area contributed by atoms with Gasteiger partial charge in [-0.05, 0) is 56.6 Å². The Kier molecular flexibility index (Phi) is 8.69. The van der Waals surface area contributed by atoms with Crippen molar-refractivity contribution in [3.63, 3.8) is 0 Å². The van der Waals surface area contributed by atoms with Crippen LogP contribution in [0.25, 0.3) is 0 Å². The van der Waals surface area contributed by atoms with E-state index in [0.29, 0.717) is 13.2 Å². The molecule has 1 aromatic heterocycles. The van der Waals surface area contributed by atoms with E-state index in [1.54, 1.807) is 0 Å². The summed E-state index contributed by atoms with van der Waals surface area (Å²) in [7, 11) is 0. The molecule has 7 nitrogen and oxygen atoms in total. The molecule has 1 aromatic carbocycles. The number of hydrogen-bond donors (Lipinski definition) is 3. The second-order valence-corrected chi connectivity index (χ2v) is 8.19. The fourth-order valence-corrected chi connectivity index (χ4v) is 3.97. The second kappa shape index (κ2) is 11.5. The van der Waals surface area contributed by atoms with Gasteiger partial charge in [0.1, 0.15) is 18.5 Å². The number of nitrogens with one attached hydrogen (secondary N) is 2. The van der Waals surface area contributed by atoms with Crippen molar-refractivity contribution < 1.29 is 9.84 Å². The lowest BCUT2D eigenvalue weighted by Crippen LogP contribution is -2.49. The molecule has 1 aliphatic heterocycles. The maximum absolute atomic E-state index is 10.4. The molecule has 2 heterocycles. The van der Waals surface area contributed by atoms with Gasteiger partial charge >= 0.3 is 0 Å². The number of rotatable bonds is 11. The topological polar surface area (TPSA) is 76.7 Å². The molecule has 0 bridgehead atoms. The van der Waals surface area contributed by atoms with Crippen LogP contribution in [-0.2, 0) is 13.0 Å². The minimum absolute atomic E-state index is 0.323. The van der Waals surface area contributed by atoms with E-state index in [-0.39, 0.29) is 0 Å². The zero-order valence-electron chi connectivity index (χ0n) is 18.7. The summed E-state index contributed by atoms with van der Waals surface area (Å²) in [5, 5.41) is 21.1. The third-order valence-electron chi connectivity index (χ3n) is 5.88. The number of β-amino-alcohol motifs (C(OH)–C–C–N with tert-alkyl or cyclic N) is 1. The standard InChI is InChI=1S/C23H37N5O2/c1-4-27-10-12-28(13-11-27)16-21(29)17-30-22-7-5-6-20(14-22)15-24-9-8-23-18(2)25-26-19(23)3/h5-7,14,21,24,29H,4,8-13,15-17H2,1-3H3,(H,25,26). The number of aromatic nitrogens is 2. The van der Waals surface area contributed by atoms with Gasteiger partial charge in [-0.25, -0.2) is 0 Å². The Morgan fingerprint density at radius 2 is 1.97 bits per heavy atom. The molecule has 3 N–H and O–H groups in total. The number of nitrogens with zero attached hydrogens (tertiary/aromatic N) is 3. The molecule has 1 saturated heterocycles. The van der Waals surface area contributed by atoms with Gasteiger partial charge in [0.15, 0.2) is 0 Å². The van der Waals surface area contributed by atoms with Crippen molar-refractivity contribution in [2.75, 3.05) is 52.4 Å². The van der Waals surface area contributed by atoms with Crippen LogP contribution in [-0.4, -0.2) is 83.6 Å². The Bertz CT molecular complexity index is 751. The number of piperazine rings is 1. The first-order valence-electron chi connectivity index (χ1n) is 11.1. The van der Waals surface area contributed by atoms with E-state index in [1.807, 2.05) is 25.1 Å². The molecule has 0 aliphatic carbocycles. The SMILES string of the molecule is CCN1CCN(CC(O)COc2cccc(CNCCc3c(C)n[nH]c3C)c2)CC1. The molecule has 1 aliphatic rings. The average Bonchev–Trinajstić information content (AvgIpc) is 3.08. The summed E-state index contributed by atoms with van der Waals surface area (Å²) in [6.45, 7) is 14.3. The minimum Gasteiger partial charge on any atom is -0.491 e. The number of likely N-dealkylation sites (N-methyl/N-ethyl adjacent to an activating group) is 1. The van der Waals surface area contributed by atoms with Gasteiger partial charge in [0.05, 0.1) is 5.69 Å². The number of aromatic amines is 1. The van der Waals surface area contributed by atoms with E-state index in [9.17, 15) is 5.11 Å². The van der Waals surface area contributed by atoms with Crippen LogP contribution in [0.4, 0.5) is 0 Å². The first kappa shape index (κ1) is 22.7. The van der Waals surface area contributed by atoms with E-state index < -0.39 is 6.10 Å². The van der Waals surface area contributed by atoms with Gasteiger partial charge in [-0.3, -0.25) is 10.00 Å². The smallest absolute Gasteiger partial charge is 0.119 e. The molecule has 0 amide bonds. The molecule has 0 spiro atoms. The summed E-state index contributed by atoms with van der Waals surface area (Å²) in [4.78, 5) is 4.76. The molecule has 166 valence electrons. The highest BCUT2D eigenvalue weighted by Crippen LogP contribution is 2.14. The monoisotopic (exact) mass is 415 g/mol.